The zero-order valence-corrected chi connectivity index (χ0v) is 23.9. The first-order valence-corrected chi connectivity index (χ1v) is 14.9. The summed E-state index contributed by atoms with van der Waals surface area (Å²) in [5, 5.41) is 3.91. The molecule has 1 saturated heterocycles. The zero-order chi connectivity index (χ0) is 27.3. The number of benzene rings is 2. The summed E-state index contributed by atoms with van der Waals surface area (Å²) in [6, 6.07) is 10.0. The average Bonchev–Trinajstić information content (AvgIpc) is 3.38. The van der Waals surface area contributed by atoms with E-state index in [2.05, 4.69) is 15.1 Å². The molecular formula is C26H35N5O5S2. The molecule has 4 rings (SSSR count). The highest BCUT2D eigenvalue weighted by Gasteiger charge is 2.23. The number of hydrogen-bond donors (Lipinski definition) is 1. The molecule has 0 atom stereocenters. The van der Waals surface area contributed by atoms with Gasteiger partial charge in [-0.2, -0.15) is 4.31 Å². The van der Waals surface area contributed by atoms with Crippen molar-refractivity contribution < 1.29 is 22.7 Å². The fraction of sp³-hybridized carbons (Fsp3) is 0.462. The van der Waals surface area contributed by atoms with E-state index < -0.39 is 10.0 Å². The quantitative estimate of drug-likeness (QED) is 0.381. The summed E-state index contributed by atoms with van der Waals surface area (Å²) in [7, 11) is -0.293. The molecule has 0 aliphatic carbocycles. The van der Waals surface area contributed by atoms with Gasteiger partial charge >= 0.3 is 0 Å². The first-order chi connectivity index (χ1) is 18.3. The van der Waals surface area contributed by atoms with Crippen molar-refractivity contribution in [1.82, 2.24) is 19.5 Å². The molecule has 0 spiro atoms. The summed E-state index contributed by atoms with van der Waals surface area (Å²) >= 11 is 1.64. The second kappa shape index (κ2) is 12.3. The number of amides is 1. The fourth-order valence-corrected chi connectivity index (χ4v) is 6.99. The molecule has 12 heteroatoms. The third-order valence-corrected chi connectivity index (χ3v) is 9.85. The Labute approximate surface area is 228 Å². The lowest BCUT2D eigenvalue weighted by atomic mass is 10.2. The Hall–Kier alpha value is -2.93. The van der Waals surface area contributed by atoms with E-state index in [0.717, 1.165) is 48.1 Å². The van der Waals surface area contributed by atoms with E-state index >= 15 is 0 Å². The monoisotopic (exact) mass is 561 g/mol. The Balaban J connectivity index is 1.27. The Morgan fingerprint density at radius 2 is 1.71 bits per heavy atom. The van der Waals surface area contributed by atoms with Gasteiger partial charge < -0.3 is 19.7 Å². The van der Waals surface area contributed by atoms with Gasteiger partial charge in [0.05, 0.1) is 23.8 Å². The van der Waals surface area contributed by atoms with E-state index in [1.54, 1.807) is 51.5 Å². The number of methoxy groups -OCH3 is 2. The van der Waals surface area contributed by atoms with Crippen LogP contribution in [0.5, 0.6) is 11.5 Å². The second-order valence-electron chi connectivity index (χ2n) is 8.84. The number of hydrogen-bond acceptors (Lipinski definition) is 9. The van der Waals surface area contributed by atoms with Crippen molar-refractivity contribution in [3.63, 3.8) is 0 Å². The van der Waals surface area contributed by atoms with Crippen molar-refractivity contribution in [3.05, 3.63) is 42.0 Å². The molecule has 2 aromatic carbocycles. The molecule has 10 nitrogen and oxygen atoms in total. The lowest BCUT2D eigenvalue weighted by Crippen LogP contribution is -2.48. The SMILES string of the molecule is CCN(CC)S(=O)(=O)c1ccc(C(=O)NCCN2CCN(c3nc4c(OC)c(OC)ccc4s3)CC2)cc1. The standard InChI is InChI=1S/C26H35N5O5S2/c1-5-31(6-2)38(33,34)20-9-7-19(8-10-20)25(32)27-13-14-29-15-17-30(18-16-29)26-28-23-22(37-26)12-11-21(35-3)24(23)36-4/h7-12H,5-6,13-18H2,1-4H3,(H,27,32). The normalized spacial score (nSPS) is 14.7. The van der Waals surface area contributed by atoms with Crippen LogP contribution in [0.3, 0.4) is 0 Å². The minimum atomic E-state index is -3.54. The van der Waals surface area contributed by atoms with Crippen molar-refractivity contribution in [2.24, 2.45) is 0 Å². The number of aromatic nitrogens is 1. The zero-order valence-electron chi connectivity index (χ0n) is 22.3. The highest BCUT2D eigenvalue weighted by atomic mass is 32.2. The van der Waals surface area contributed by atoms with Gasteiger partial charge in [0, 0.05) is 57.9 Å². The van der Waals surface area contributed by atoms with Gasteiger partial charge in [-0.1, -0.05) is 25.2 Å². The molecule has 206 valence electrons. The smallest absolute Gasteiger partial charge is 0.251 e. The van der Waals surface area contributed by atoms with E-state index in [1.165, 1.54) is 16.4 Å². The van der Waals surface area contributed by atoms with Crippen molar-refractivity contribution in [1.29, 1.82) is 0 Å². The molecule has 1 amide bonds. The van der Waals surface area contributed by atoms with Crippen LogP contribution >= 0.6 is 11.3 Å². The van der Waals surface area contributed by atoms with Crippen LogP contribution in [0.15, 0.2) is 41.3 Å². The number of piperazine rings is 1. The molecule has 0 saturated carbocycles. The number of nitrogens with one attached hydrogen (secondary N) is 1. The first kappa shape index (κ1) is 28.1. The summed E-state index contributed by atoms with van der Waals surface area (Å²) in [5.41, 5.74) is 1.26. The van der Waals surface area contributed by atoms with Gasteiger partial charge in [0.1, 0.15) is 5.52 Å². The maximum Gasteiger partial charge on any atom is 0.251 e. The Bertz CT molecular complexity index is 1350. The van der Waals surface area contributed by atoms with Crippen molar-refractivity contribution in [3.8, 4) is 11.5 Å². The topological polar surface area (TPSA) is 104 Å². The molecule has 1 aromatic heterocycles. The lowest BCUT2D eigenvalue weighted by molar-refractivity contribution is 0.0947. The van der Waals surface area contributed by atoms with E-state index in [-0.39, 0.29) is 10.8 Å². The summed E-state index contributed by atoms with van der Waals surface area (Å²) in [5.74, 6) is 1.11. The van der Waals surface area contributed by atoms with Gasteiger partial charge in [-0.25, -0.2) is 13.4 Å². The second-order valence-corrected chi connectivity index (χ2v) is 11.8. The van der Waals surface area contributed by atoms with E-state index in [4.69, 9.17) is 14.5 Å². The van der Waals surface area contributed by atoms with Gasteiger partial charge in [-0.15, -0.1) is 0 Å². The molecule has 3 aromatic rings. The highest BCUT2D eigenvalue weighted by molar-refractivity contribution is 7.89. The predicted octanol–water partition coefficient (Wildman–Crippen LogP) is 2.90. The van der Waals surface area contributed by atoms with Crippen LogP contribution in [-0.4, -0.2) is 95.1 Å². The van der Waals surface area contributed by atoms with Crippen LogP contribution in [0.2, 0.25) is 0 Å². The molecule has 1 aliphatic rings. The molecule has 1 fully saturated rings. The third-order valence-electron chi connectivity index (χ3n) is 6.71. The van der Waals surface area contributed by atoms with Gasteiger partial charge in [-0.3, -0.25) is 9.69 Å². The Kier molecular flexibility index (Phi) is 9.08. The minimum absolute atomic E-state index is 0.196. The first-order valence-electron chi connectivity index (χ1n) is 12.7. The summed E-state index contributed by atoms with van der Waals surface area (Å²) in [6.45, 7) is 9.08. The molecular weight excluding hydrogens is 526 g/mol. The summed E-state index contributed by atoms with van der Waals surface area (Å²) in [6.07, 6.45) is 0. The predicted molar refractivity (Wildman–Crippen MR) is 150 cm³/mol. The number of ether oxygens (including phenoxy) is 2. The fourth-order valence-electron chi connectivity index (χ4n) is 4.52. The minimum Gasteiger partial charge on any atom is -0.493 e. The number of carbonyl (C=O) groups excluding carboxylic acids is 1. The summed E-state index contributed by atoms with van der Waals surface area (Å²) < 4.78 is 38.7. The third kappa shape index (κ3) is 5.88. The lowest BCUT2D eigenvalue weighted by Gasteiger charge is -2.34. The number of carbonyl (C=O) groups is 1. The van der Waals surface area contributed by atoms with Crippen LogP contribution in [-0.2, 0) is 10.0 Å². The molecule has 38 heavy (non-hydrogen) atoms. The Morgan fingerprint density at radius 1 is 1.03 bits per heavy atom. The number of fused-ring (bicyclic) bond motifs is 1. The van der Waals surface area contributed by atoms with Crippen LogP contribution in [0.4, 0.5) is 5.13 Å². The molecule has 0 bridgehead atoms. The maximum absolute atomic E-state index is 12.6. The van der Waals surface area contributed by atoms with Gasteiger partial charge in [-0.05, 0) is 36.4 Å². The van der Waals surface area contributed by atoms with E-state index in [1.807, 2.05) is 12.1 Å². The van der Waals surface area contributed by atoms with E-state index in [0.29, 0.717) is 36.7 Å². The maximum atomic E-state index is 12.6. The van der Waals surface area contributed by atoms with Crippen LogP contribution in [0, 0.1) is 0 Å². The van der Waals surface area contributed by atoms with E-state index in [9.17, 15) is 13.2 Å². The highest BCUT2D eigenvalue weighted by Crippen LogP contribution is 2.40. The molecule has 2 heterocycles. The number of anilines is 1. The number of nitrogens with zero attached hydrogens (tertiary/aromatic N) is 4. The Morgan fingerprint density at radius 3 is 2.32 bits per heavy atom. The summed E-state index contributed by atoms with van der Waals surface area (Å²) in [4.78, 5) is 22.2. The van der Waals surface area contributed by atoms with Crippen LogP contribution in [0.25, 0.3) is 10.2 Å². The number of sulfonamides is 1. The van der Waals surface area contributed by atoms with Crippen molar-refractivity contribution in [2.75, 3.05) is 71.5 Å². The van der Waals surface area contributed by atoms with Crippen LogP contribution in [0.1, 0.15) is 24.2 Å². The molecule has 1 N–H and O–H groups in total. The number of rotatable bonds is 11. The molecule has 1 aliphatic heterocycles. The van der Waals surface area contributed by atoms with Crippen molar-refractivity contribution >= 4 is 42.6 Å². The number of thiazole rings is 1. The van der Waals surface area contributed by atoms with Gasteiger partial charge in [0.15, 0.2) is 16.6 Å². The molecule has 0 unspecified atom stereocenters. The van der Waals surface area contributed by atoms with Crippen molar-refractivity contribution in [2.45, 2.75) is 18.7 Å². The van der Waals surface area contributed by atoms with Crippen LogP contribution < -0.4 is 19.7 Å². The largest absolute Gasteiger partial charge is 0.493 e. The van der Waals surface area contributed by atoms with Gasteiger partial charge in [0.2, 0.25) is 10.0 Å². The molecule has 0 radical (unpaired) electrons. The average molecular weight is 562 g/mol. The van der Waals surface area contributed by atoms with Gasteiger partial charge in [0.25, 0.3) is 5.91 Å².